The Morgan fingerprint density at radius 2 is 2.04 bits per heavy atom. The molecule has 2 aromatic carbocycles. The van der Waals surface area contributed by atoms with Gasteiger partial charge in [0.25, 0.3) is 11.6 Å². The van der Waals surface area contributed by atoms with Crippen LogP contribution < -0.4 is 10.1 Å². The van der Waals surface area contributed by atoms with Crippen LogP contribution in [0.25, 0.3) is 0 Å². The normalized spacial score (nSPS) is 10.3. The lowest BCUT2D eigenvalue weighted by molar-refractivity contribution is -0.384. The maximum Gasteiger partial charge on any atom is 0.270 e. The zero-order valence-electron chi connectivity index (χ0n) is 13.8. The van der Waals surface area contributed by atoms with E-state index in [4.69, 9.17) is 16.3 Å². The van der Waals surface area contributed by atoms with Gasteiger partial charge < -0.3 is 10.1 Å². The molecule has 0 spiro atoms. The molecule has 0 bridgehead atoms. The number of aryl methyl sites for hydroxylation is 1. The number of halogens is 1. The number of nitrogens with one attached hydrogen (secondary N) is 1. The van der Waals surface area contributed by atoms with Gasteiger partial charge in [-0.15, -0.1) is 0 Å². The molecule has 0 aromatic heterocycles. The average Bonchev–Trinajstić information content (AvgIpc) is 2.59. The van der Waals surface area contributed by atoms with Crippen molar-refractivity contribution in [3.8, 4) is 5.75 Å². The van der Waals surface area contributed by atoms with Gasteiger partial charge in [0.1, 0.15) is 5.75 Å². The fourth-order valence-electron chi connectivity index (χ4n) is 2.38. The smallest absolute Gasteiger partial charge is 0.270 e. The number of para-hydroxylation sites is 1. The molecular weight excluding hydrogens is 344 g/mol. The minimum atomic E-state index is -0.552. The summed E-state index contributed by atoms with van der Waals surface area (Å²) in [7, 11) is 0. The van der Waals surface area contributed by atoms with Crippen molar-refractivity contribution >= 4 is 23.2 Å². The monoisotopic (exact) mass is 362 g/mol. The van der Waals surface area contributed by atoms with E-state index in [9.17, 15) is 14.9 Å². The van der Waals surface area contributed by atoms with Gasteiger partial charge in [-0.05, 0) is 37.5 Å². The number of nitro groups is 1. The Kier molecular flexibility index (Phi) is 6.77. The predicted octanol–water partition coefficient (Wildman–Crippen LogP) is 4.01. The summed E-state index contributed by atoms with van der Waals surface area (Å²) < 4.78 is 5.57. The summed E-state index contributed by atoms with van der Waals surface area (Å²) in [6.45, 7) is 3.00. The number of carbonyl (C=O) groups excluding carboxylic acids is 1. The van der Waals surface area contributed by atoms with Crippen molar-refractivity contribution in [3.05, 3.63) is 68.7 Å². The zero-order chi connectivity index (χ0) is 18.2. The Morgan fingerprint density at radius 1 is 1.28 bits per heavy atom. The first-order chi connectivity index (χ1) is 12.0. The number of amides is 1. The number of nitro benzene ring substituents is 1. The molecule has 0 heterocycles. The van der Waals surface area contributed by atoms with Crippen LogP contribution in [0.15, 0.2) is 42.5 Å². The van der Waals surface area contributed by atoms with Crippen LogP contribution in [0, 0.1) is 10.1 Å². The second-order valence-electron chi connectivity index (χ2n) is 5.32. The lowest BCUT2D eigenvalue weighted by Gasteiger charge is -2.10. The number of carbonyl (C=O) groups is 1. The highest BCUT2D eigenvalue weighted by Gasteiger charge is 2.14. The number of non-ortho nitro benzene ring substituents is 1. The number of rotatable bonds is 8. The van der Waals surface area contributed by atoms with Crippen LogP contribution in [-0.4, -0.2) is 24.0 Å². The van der Waals surface area contributed by atoms with Crippen LogP contribution in [0.3, 0.4) is 0 Å². The standard InChI is InChI=1S/C18H19ClN2O4/c1-2-25-17-8-4-3-6-13(17)7-5-11-20-18(22)15-10-9-14(21(23)24)12-16(15)19/h3-4,6,8-10,12H,2,5,7,11H2,1H3,(H,20,22). The average molecular weight is 363 g/mol. The molecule has 7 heteroatoms. The van der Waals surface area contributed by atoms with Gasteiger partial charge >= 0.3 is 0 Å². The summed E-state index contributed by atoms with van der Waals surface area (Å²) in [5.74, 6) is 0.507. The first-order valence-electron chi connectivity index (χ1n) is 7.95. The molecule has 0 fully saturated rings. The van der Waals surface area contributed by atoms with Crippen molar-refractivity contribution in [3.63, 3.8) is 0 Å². The molecule has 0 aliphatic rings. The van der Waals surface area contributed by atoms with Crippen LogP contribution in [0.2, 0.25) is 5.02 Å². The highest BCUT2D eigenvalue weighted by Crippen LogP contribution is 2.22. The van der Waals surface area contributed by atoms with Crippen LogP contribution in [0.5, 0.6) is 5.75 Å². The highest BCUT2D eigenvalue weighted by atomic mass is 35.5. The van der Waals surface area contributed by atoms with E-state index in [0.717, 1.165) is 24.2 Å². The second-order valence-corrected chi connectivity index (χ2v) is 5.73. The van der Waals surface area contributed by atoms with Gasteiger partial charge in [0, 0.05) is 18.7 Å². The SMILES string of the molecule is CCOc1ccccc1CCCNC(=O)c1ccc([N+](=O)[O-])cc1Cl. The Hall–Kier alpha value is -2.60. The fraction of sp³-hybridized carbons (Fsp3) is 0.278. The molecule has 0 unspecified atom stereocenters. The Labute approximate surface area is 150 Å². The van der Waals surface area contributed by atoms with Gasteiger partial charge in [0.2, 0.25) is 0 Å². The fourth-order valence-corrected chi connectivity index (χ4v) is 2.64. The van der Waals surface area contributed by atoms with E-state index in [1.807, 2.05) is 31.2 Å². The molecule has 0 aliphatic carbocycles. The maximum atomic E-state index is 12.1. The number of nitrogens with zero attached hydrogens (tertiary/aromatic N) is 1. The highest BCUT2D eigenvalue weighted by molar-refractivity contribution is 6.34. The van der Waals surface area contributed by atoms with E-state index >= 15 is 0 Å². The second kappa shape index (κ2) is 9.03. The van der Waals surface area contributed by atoms with E-state index in [0.29, 0.717) is 13.2 Å². The molecule has 2 rings (SSSR count). The lowest BCUT2D eigenvalue weighted by Crippen LogP contribution is -2.25. The van der Waals surface area contributed by atoms with Gasteiger partial charge in [0.15, 0.2) is 0 Å². The summed E-state index contributed by atoms with van der Waals surface area (Å²) in [4.78, 5) is 22.3. The third-order valence-electron chi connectivity index (χ3n) is 3.59. The quantitative estimate of drug-likeness (QED) is 0.437. The molecule has 25 heavy (non-hydrogen) atoms. The van der Waals surface area contributed by atoms with Gasteiger partial charge in [-0.1, -0.05) is 29.8 Å². The van der Waals surface area contributed by atoms with Crippen molar-refractivity contribution in [1.82, 2.24) is 5.32 Å². The van der Waals surface area contributed by atoms with Gasteiger partial charge in [-0.25, -0.2) is 0 Å². The van der Waals surface area contributed by atoms with E-state index in [2.05, 4.69) is 5.32 Å². The van der Waals surface area contributed by atoms with Crippen LogP contribution >= 0.6 is 11.6 Å². The lowest BCUT2D eigenvalue weighted by atomic mass is 10.1. The number of benzene rings is 2. The predicted molar refractivity (Wildman–Crippen MR) is 96.4 cm³/mol. The summed E-state index contributed by atoms with van der Waals surface area (Å²) in [5.41, 5.74) is 1.17. The Morgan fingerprint density at radius 3 is 2.72 bits per heavy atom. The van der Waals surface area contributed by atoms with Gasteiger partial charge in [-0.2, -0.15) is 0 Å². The van der Waals surface area contributed by atoms with Crippen molar-refractivity contribution in [1.29, 1.82) is 0 Å². The van der Waals surface area contributed by atoms with E-state index < -0.39 is 4.92 Å². The minimum Gasteiger partial charge on any atom is -0.494 e. The molecule has 0 saturated carbocycles. The number of hydrogen-bond donors (Lipinski definition) is 1. The summed E-state index contributed by atoms with van der Waals surface area (Å²) in [5, 5.41) is 13.5. The minimum absolute atomic E-state index is 0.0633. The number of ether oxygens (including phenoxy) is 1. The molecule has 0 atom stereocenters. The molecule has 0 saturated heterocycles. The van der Waals surface area contributed by atoms with Crippen molar-refractivity contribution in [2.75, 3.05) is 13.2 Å². The van der Waals surface area contributed by atoms with Crippen molar-refractivity contribution in [2.45, 2.75) is 19.8 Å². The van der Waals surface area contributed by atoms with Crippen LogP contribution in [0.4, 0.5) is 5.69 Å². The molecule has 0 radical (unpaired) electrons. The third kappa shape index (κ3) is 5.19. The topological polar surface area (TPSA) is 81.5 Å². The van der Waals surface area contributed by atoms with E-state index in [-0.39, 0.29) is 22.2 Å². The first kappa shape index (κ1) is 18.7. The summed E-state index contributed by atoms with van der Waals surface area (Å²) >= 11 is 5.95. The molecule has 1 amide bonds. The van der Waals surface area contributed by atoms with E-state index in [1.165, 1.54) is 18.2 Å². The van der Waals surface area contributed by atoms with Gasteiger partial charge in [-0.3, -0.25) is 14.9 Å². The maximum absolute atomic E-state index is 12.1. The largest absolute Gasteiger partial charge is 0.494 e. The molecule has 132 valence electrons. The van der Waals surface area contributed by atoms with Gasteiger partial charge in [0.05, 0.1) is 22.1 Å². The summed E-state index contributed by atoms with van der Waals surface area (Å²) in [6, 6.07) is 11.6. The number of hydrogen-bond acceptors (Lipinski definition) is 4. The van der Waals surface area contributed by atoms with E-state index in [1.54, 1.807) is 0 Å². The Balaban J connectivity index is 1.88. The third-order valence-corrected chi connectivity index (χ3v) is 3.90. The van der Waals surface area contributed by atoms with Crippen molar-refractivity contribution in [2.24, 2.45) is 0 Å². The molecule has 2 aromatic rings. The van der Waals surface area contributed by atoms with Crippen LogP contribution in [-0.2, 0) is 6.42 Å². The van der Waals surface area contributed by atoms with Crippen LogP contribution in [0.1, 0.15) is 29.3 Å². The molecule has 0 aliphatic heterocycles. The first-order valence-corrected chi connectivity index (χ1v) is 8.33. The van der Waals surface area contributed by atoms with Crippen molar-refractivity contribution < 1.29 is 14.5 Å². The molecule has 6 nitrogen and oxygen atoms in total. The molecule has 1 N–H and O–H groups in total. The Bertz CT molecular complexity index is 764. The molecular formula is C18H19ClN2O4. The zero-order valence-corrected chi connectivity index (χ0v) is 14.6. The summed E-state index contributed by atoms with van der Waals surface area (Å²) in [6.07, 6.45) is 1.50.